The SMILES string of the molecule is Cc1ccc(-c2n[nH]c(=S)n2CC(=O)NC(C)C2CC2)cc1. The molecular formula is C16H20N4OS. The number of hydrogen-bond donors (Lipinski definition) is 2. The molecule has 116 valence electrons. The summed E-state index contributed by atoms with van der Waals surface area (Å²) in [4.78, 5) is 12.2. The Labute approximate surface area is 134 Å². The van der Waals surface area contributed by atoms with Gasteiger partial charge in [-0.15, -0.1) is 0 Å². The first-order chi connectivity index (χ1) is 10.5. The van der Waals surface area contributed by atoms with E-state index < -0.39 is 0 Å². The normalized spacial score (nSPS) is 15.5. The molecule has 0 saturated heterocycles. The summed E-state index contributed by atoms with van der Waals surface area (Å²) in [6, 6.07) is 8.25. The van der Waals surface area contributed by atoms with E-state index in [1.807, 2.05) is 31.2 Å². The van der Waals surface area contributed by atoms with E-state index in [9.17, 15) is 4.79 Å². The maximum Gasteiger partial charge on any atom is 0.240 e. The van der Waals surface area contributed by atoms with Gasteiger partial charge in [-0.3, -0.25) is 14.5 Å². The Morgan fingerprint density at radius 1 is 1.45 bits per heavy atom. The topological polar surface area (TPSA) is 62.7 Å². The second kappa shape index (κ2) is 6.04. The third-order valence-corrected chi connectivity index (χ3v) is 4.40. The van der Waals surface area contributed by atoms with Crippen LogP contribution in [0, 0.1) is 17.6 Å². The second-order valence-corrected chi connectivity index (χ2v) is 6.38. The van der Waals surface area contributed by atoms with Crippen LogP contribution in [0.3, 0.4) is 0 Å². The van der Waals surface area contributed by atoms with Gasteiger partial charge in [-0.05, 0) is 44.8 Å². The summed E-state index contributed by atoms with van der Waals surface area (Å²) in [6.07, 6.45) is 2.42. The minimum Gasteiger partial charge on any atom is -0.352 e. The molecule has 1 saturated carbocycles. The van der Waals surface area contributed by atoms with Crippen molar-refractivity contribution in [3.05, 3.63) is 34.6 Å². The molecule has 1 amide bonds. The fourth-order valence-corrected chi connectivity index (χ4v) is 2.74. The van der Waals surface area contributed by atoms with Crippen LogP contribution in [-0.2, 0) is 11.3 Å². The number of carbonyl (C=O) groups excluding carboxylic acids is 1. The van der Waals surface area contributed by atoms with Gasteiger partial charge >= 0.3 is 0 Å². The highest BCUT2D eigenvalue weighted by Crippen LogP contribution is 2.32. The van der Waals surface area contributed by atoms with Gasteiger partial charge in [0, 0.05) is 11.6 Å². The largest absolute Gasteiger partial charge is 0.352 e. The maximum atomic E-state index is 12.2. The van der Waals surface area contributed by atoms with Crippen molar-refractivity contribution in [2.24, 2.45) is 5.92 Å². The molecule has 0 bridgehead atoms. The molecule has 1 aromatic carbocycles. The number of aryl methyl sites for hydroxylation is 1. The smallest absolute Gasteiger partial charge is 0.240 e. The second-order valence-electron chi connectivity index (χ2n) is 6.00. The zero-order chi connectivity index (χ0) is 15.7. The van der Waals surface area contributed by atoms with Crippen LogP contribution in [0.1, 0.15) is 25.3 Å². The van der Waals surface area contributed by atoms with Gasteiger partial charge in [0.1, 0.15) is 6.54 Å². The fourth-order valence-electron chi connectivity index (χ4n) is 2.54. The number of carbonyl (C=O) groups is 1. The van der Waals surface area contributed by atoms with E-state index in [1.165, 1.54) is 18.4 Å². The van der Waals surface area contributed by atoms with Crippen LogP contribution in [0.15, 0.2) is 24.3 Å². The van der Waals surface area contributed by atoms with Gasteiger partial charge in [0.15, 0.2) is 10.6 Å². The van der Waals surface area contributed by atoms with Crippen LogP contribution < -0.4 is 5.32 Å². The van der Waals surface area contributed by atoms with E-state index in [0.29, 0.717) is 16.5 Å². The molecule has 1 unspecified atom stereocenters. The molecule has 1 aromatic heterocycles. The first-order valence-corrected chi connectivity index (χ1v) is 7.97. The molecule has 2 aromatic rings. The van der Waals surface area contributed by atoms with Gasteiger partial charge in [-0.1, -0.05) is 29.8 Å². The predicted molar refractivity (Wildman–Crippen MR) is 87.9 cm³/mol. The van der Waals surface area contributed by atoms with Crippen LogP contribution in [-0.4, -0.2) is 26.7 Å². The highest BCUT2D eigenvalue weighted by atomic mass is 32.1. The maximum absolute atomic E-state index is 12.2. The van der Waals surface area contributed by atoms with Crippen molar-refractivity contribution in [3.8, 4) is 11.4 Å². The van der Waals surface area contributed by atoms with Crippen LogP contribution in [0.2, 0.25) is 0 Å². The van der Waals surface area contributed by atoms with Crippen molar-refractivity contribution in [1.29, 1.82) is 0 Å². The predicted octanol–water partition coefficient (Wildman–Crippen LogP) is 2.83. The summed E-state index contributed by atoms with van der Waals surface area (Å²) < 4.78 is 2.21. The van der Waals surface area contributed by atoms with Gasteiger partial charge in [0.05, 0.1) is 0 Å². The molecule has 1 atom stereocenters. The van der Waals surface area contributed by atoms with Gasteiger partial charge in [-0.25, -0.2) is 0 Å². The Kier molecular flexibility index (Phi) is 4.11. The minimum atomic E-state index is -0.0229. The average molecular weight is 316 g/mol. The summed E-state index contributed by atoms with van der Waals surface area (Å²) in [5, 5.41) is 10.1. The van der Waals surface area contributed by atoms with Crippen LogP contribution in [0.5, 0.6) is 0 Å². The lowest BCUT2D eigenvalue weighted by atomic mass is 10.1. The Morgan fingerprint density at radius 2 is 2.14 bits per heavy atom. The molecule has 0 spiro atoms. The molecule has 5 nitrogen and oxygen atoms in total. The molecule has 2 N–H and O–H groups in total. The molecule has 1 aliphatic rings. The van der Waals surface area contributed by atoms with Crippen LogP contribution in [0.4, 0.5) is 0 Å². The zero-order valence-corrected chi connectivity index (χ0v) is 13.6. The number of benzene rings is 1. The van der Waals surface area contributed by atoms with Crippen molar-refractivity contribution < 1.29 is 4.79 Å². The lowest BCUT2D eigenvalue weighted by Gasteiger charge is -2.13. The van der Waals surface area contributed by atoms with E-state index in [1.54, 1.807) is 4.57 Å². The number of aromatic amines is 1. The number of nitrogens with one attached hydrogen (secondary N) is 2. The van der Waals surface area contributed by atoms with Gasteiger partial charge in [0.25, 0.3) is 0 Å². The number of amides is 1. The molecule has 22 heavy (non-hydrogen) atoms. The number of hydrogen-bond acceptors (Lipinski definition) is 3. The van der Waals surface area contributed by atoms with Crippen molar-refractivity contribution in [1.82, 2.24) is 20.1 Å². The first kappa shape index (κ1) is 15.0. The number of rotatable bonds is 5. The molecule has 1 heterocycles. The van der Waals surface area contributed by atoms with E-state index in [-0.39, 0.29) is 18.5 Å². The van der Waals surface area contributed by atoms with E-state index >= 15 is 0 Å². The van der Waals surface area contributed by atoms with E-state index in [0.717, 1.165) is 5.56 Å². The Hall–Kier alpha value is -1.95. The Bertz CT molecular complexity index is 727. The molecular weight excluding hydrogens is 296 g/mol. The number of H-pyrrole nitrogens is 1. The van der Waals surface area contributed by atoms with Crippen LogP contribution >= 0.6 is 12.2 Å². The number of nitrogens with zero attached hydrogens (tertiary/aromatic N) is 2. The average Bonchev–Trinajstić information content (AvgIpc) is 3.27. The lowest BCUT2D eigenvalue weighted by Crippen LogP contribution is -2.36. The Balaban J connectivity index is 1.78. The number of aromatic nitrogens is 3. The van der Waals surface area contributed by atoms with Crippen molar-refractivity contribution in [2.45, 2.75) is 39.3 Å². The Morgan fingerprint density at radius 3 is 2.77 bits per heavy atom. The molecule has 0 aliphatic heterocycles. The summed E-state index contributed by atoms with van der Waals surface area (Å²) in [7, 11) is 0. The highest BCUT2D eigenvalue weighted by Gasteiger charge is 2.29. The summed E-state index contributed by atoms with van der Waals surface area (Å²) in [5.74, 6) is 1.31. The van der Waals surface area contributed by atoms with Gasteiger partial charge in [0.2, 0.25) is 5.91 Å². The monoisotopic (exact) mass is 316 g/mol. The third kappa shape index (κ3) is 3.27. The lowest BCUT2D eigenvalue weighted by molar-refractivity contribution is -0.122. The molecule has 6 heteroatoms. The highest BCUT2D eigenvalue weighted by molar-refractivity contribution is 7.71. The van der Waals surface area contributed by atoms with Crippen LogP contribution in [0.25, 0.3) is 11.4 Å². The van der Waals surface area contributed by atoms with Crippen molar-refractivity contribution in [3.63, 3.8) is 0 Å². The molecule has 1 aliphatic carbocycles. The third-order valence-electron chi connectivity index (χ3n) is 4.09. The standard InChI is InChI=1S/C16H20N4OS/c1-10-3-5-13(6-4-10)15-18-19-16(22)20(15)9-14(21)17-11(2)12-7-8-12/h3-6,11-12H,7-9H2,1-2H3,(H,17,21)(H,19,22). The van der Waals surface area contributed by atoms with E-state index in [2.05, 4.69) is 22.4 Å². The summed E-state index contributed by atoms with van der Waals surface area (Å²) in [5.41, 5.74) is 2.13. The molecule has 0 radical (unpaired) electrons. The van der Waals surface area contributed by atoms with Gasteiger partial charge in [-0.2, -0.15) is 5.10 Å². The first-order valence-electron chi connectivity index (χ1n) is 7.56. The zero-order valence-electron chi connectivity index (χ0n) is 12.8. The van der Waals surface area contributed by atoms with Crippen molar-refractivity contribution in [2.75, 3.05) is 0 Å². The van der Waals surface area contributed by atoms with Crippen molar-refractivity contribution >= 4 is 18.1 Å². The fraction of sp³-hybridized carbons (Fsp3) is 0.438. The summed E-state index contributed by atoms with van der Waals surface area (Å²) in [6.45, 7) is 4.29. The van der Waals surface area contributed by atoms with Gasteiger partial charge < -0.3 is 5.32 Å². The summed E-state index contributed by atoms with van der Waals surface area (Å²) >= 11 is 5.26. The molecule has 3 rings (SSSR count). The van der Waals surface area contributed by atoms with E-state index in [4.69, 9.17) is 12.2 Å². The quantitative estimate of drug-likeness (QED) is 0.834. The molecule has 1 fully saturated rings. The minimum absolute atomic E-state index is 0.0229.